The van der Waals surface area contributed by atoms with Crippen LogP contribution >= 0.6 is 75.7 Å². The Labute approximate surface area is 93.3 Å². The largest absolute Gasteiger partial charge is 0.121 e. The quantitative estimate of drug-likeness (QED) is 0.542. The van der Waals surface area contributed by atoms with Gasteiger partial charge in [0, 0.05) is 4.78 Å². The zero-order chi connectivity index (χ0) is 9.23. The second-order valence-corrected chi connectivity index (χ2v) is 15.7. The summed E-state index contributed by atoms with van der Waals surface area (Å²) in [7, 11) is 0. The highest BCUT2D eigenvalue weighted by Crippen LogP contribution is 2.73. The summed E-state index contributed by atoms with van der Waals surface area (Å²) >= 11 is 28.9. The third-order valence-electron chi connectivity index (χ3n) is 0.778. The van der Waals surface area contributed by atoms with Gasteiger partial charge >= 0.3 is 0 Å². The molecule has 0 saturated carbocycles. The Hall–Kier alpha value is 2.61. The van der Waals surface area contributed by atoms with Crippen molar-refractivity contribution >= 4 is 80.5 Å². The van der Waals surface area contributed by atoms with Gasteiger partial charge in [0.1, 0.15) is 13.3 Å². The summed E-state index contributed by atoms with van der Waals surface area (Å²) < 4.78 is 0.746. The van der Waals surface area contributed by atoms with Gasteiger partial charge in [-0.05, 0) is 19.6 Å². The van der Waals surface area contributed by atoms with Crippen LogP contribution in [0.25, 0.3) is 0 Å². The summed E-state index contributed by atoms with van der Waals surface area (Å²) in [5.41, 5.74) is 0. The lowest BCUT2D eigenvalue weighted by Crippen LogP contribution is -1.82. The molecule has 0 nitrogen and oxygen atoms in total. The van der Waals surface area contributed by atoms with Crippen LogP contribution in [0.1, 0.15) is 0 Å². The summed E-state index contributed by atoms with van der Waals surface area (Å²) in [5, 5.41) is 0. The molecule has 0 unspecified atom stereocenters. The minimum Gasteiger partial charge on any atom is -0.0974 e. The predicted octanol–water partition coefficient (Wildman–Crippen LogP) is 6.08. The molecule has 0 aliphatic rings. The van der Waals surface area contributed by atoms with Crippen LogP contribution in [0.15, 0.2) is 0 Å². The van der Waals surface area contributed by atoms with Crippen LogP contribution < -0.4 is 0 Å². The Morgan fingerprint density at radius 2 is 1.27 bits per heavy atom. The summed E-state index contributed by atoms with van der Waals surface area (Å²) in [5.74, 6) is 0. The van der Waals surface area contributed by atoms with Crippen LogP contribution in [-0.4, -0.2) is 18.1 Å². The van der Waals surface area contributed by atoms with Crippen LogP contribution in [0.3, 0.4) is 0 Å². The summed E-state index contributed by atoms with van der Waals surface area (Å²) in [6.07, 6.45) is -1.72. The van der Waals surface area contributed by atoms with E-state index in [0.29, 0.717) is 0 Å². The molecule has 0 bridgehead atoms. The van der Waals surface area contributed by atoms with E-state index in [1.54, 1.807) is 0 Å². The van der Waals surface area contributed by atoms with Crippen LogP contribution in [-0.2, 0) is 0 Å². The van der Waals surface area contributed by atoms with E-state index in [0.717, 1.165) is 4.78 Å². The third kappa shape index (κ3) is 5.15. The maximum Gasteiger partial charge on any atom is 0.121 e. The number of halogens is 5. The maximum atomic E-state index is 6.06. The molecule has 0 spiro atoms. The van der Waals surface area contributed by atoms with Crippen LogP contribution in [0.2, 0.25) is 0 Å². The molecule has 0 atom stereocenters. The molecule has 0 rings (SSSR count). The molecular formula is C3H6Cl5P3. The highest BCUT2D eigenvalue weighted by molar-refractivity contribution is 8.43. The standard InChI is InChI=1S/C3H6Cl5P3/c1-11(2,8)3(9(4)5)10(6)7/h1-2H3. The van der Waals surface area contributed by atoms with Crippen molar-refractivity contribution < 1.29 is 0 Å². The van der Waals surface area contributed by atoms with Gasteiger partial charge in [0.05, 0.1) is 0 Å². The van der Waals surface area contributed by atoms with E-state index >= 15 is 0 Å². The smallest absolute Gasteiger partial charge is 0.0974 e. The Bertz CT molecular complexity index is 163. The van der Waals surface area contributed by atoms with E-state index in [9.17, 15) is 0 Å². The van der Waals surface area contributed by atoms with Crippen molar-refractivity contribution in [3.8, 4) is 0 Å². The average Bonchev–Trinajstić information content (AvgIpc) is 1.54. The lowest BCUT2D eigenvalue weighted by Gasteiger charge is -2.16. The van der Waals surface area contributed by atoms with Gasteiger partial charge in [-0.15, -0.1) is 0 Å². The first kappa shape index (κ1) is 13.6. The van der Waals surface area contributed by atoms with Gasteiger partial charge in [0.15, 0.2) is 0 Å². The first-order chi connectivity index (χ1) is 4.76. The van der Waals surface area contributed by atoms with Gasteiger partial charge in [-0.3, -0.25) is 0 Å². The molecule has 68 valence electrons. The maximum absolute atomic E-state index is 6.06. The van der Waals surface area contributed by atoms with E-state index in [1.165, 1.54) is 0 Å². The summed E-state index contributed by atoms with van der Waals surface area (Å²) in [6, 6.07) is 0. The average molecular weight is 312 g/mol. The third-order valence-corrected chi connectivity index (χ3v) is 13.8. The zero-order valence-corrected chi connectivity index (χ0v) is 12.2. The van der Waals surface area contributed by atoms with Crippen molar-refractivity contribution in [3.63, 3.8) is 0 Å². The number of rotatable bonds is 2. The molecule has 8 heteroatoms. The van der Waals surface area contributed by atoms with Gasteiger partial charge in [0.2, 0.25) is 0 Å². The highest BCUT2D eigenvalue weighted by Gasteiger charge is 2.23. The van der Waals surface area contributed by atoms with Crippen LogP contribution in [0.4, 0.5) is 0 Å². The SMILES string of the molecule is CP(C)(Cl)=C(P(Cl)Cl)P(Cl)Cl. The van der Waals surface area contributed by atoms with Gasteiger partial charge in [-0.1, -0.05) is 56.2 Å². The molecule has 0 heterocycles. The molecule has 0 saturated heterocycles. The predicted molar refractivity (Wildman–Crippen MR) is 66.9 cm³/mol. The summed E-state index contributed by atoms with van der Waals surface area (Å²) in [6.45, 7) is 1.26. The topological polar surface area (TPSA) is 0 Å². The molecule has 0 aliphatic carbocycles. The molecule has 0 N–H and O–H groups in total. The van der Waals surface area contributed by atoms with Gasteiger partial charge < -0.3 is 0 Å². The zero-order valence-electron chi connectivity index (χ0n) is 5.73. The molecule has 0 fully saturated rings. The monoisotopic (exact) mass is 310 g/mol. The van der Waals surface area contributed by atoms with E-state index < -0.39 is 19.5 Å². The van der Waals surface area contributed by atoms with Crippen molar-refractivity contribution in [2.45, 2.75) is 0 Å². The van der Waals surface area contributed by atoms with Crippen molar-refractivity contribution in [3.05, 3.63) is 0 Å². The van der Waals surface area contributed by atoms with E-state index in [4.69, 9.17) is 56.2 Å². The molecule has 11 heavy (non-hydrogen) atoms. The molecule has 0 amide bonds. The fourth-order valence-corrected chi connectivity index (χ4v) is 17.4. The molecule has 0 radical (unpaired) electrons. The van der Waals surface area contributed by atoms with Crippen molar-refractivity contribution in [1.82, 2.24) is 0 Å². The summed E-state index contributed by atoms with van der Waals surface area (Å²) in [4.78, 5) is 0. The number of hydrogen-bond donors (Lipinski definition) is 0. The highest BCUT2D eigenvalue weighted by atomic mass is 35.9. The van der Waals surface area contributed by atoms with Gasteiger partial charge in [0.25, 0.3) is 0 Å². The van der Waals surface area contributed by atoms with Gasteiger partial charge in [-0.2, -0.15) is 0 Å². The first-order valence-corrected chi connectivity index (χ1v) is 12.3. The second kappa shape index (κ2) is 5.48. The van der Waals surface area contributed by atoms with Crippen molar-refractivity contribution in [1.29, 1.82) is 0 Å². The van der Waals surface area contributed by atoms with E-state index in [2.05, 4.69) is 0 Å². The minimum atomic E-state index is -1.72. The van der Waals surface area contributed by atoms with Gasteiger partial charge in [-0.25, -0.2) is 0 Å². The second-order valence-electron chi connectivity index (χ2n) is 2.08. The number of hydrogen-bond acceptors (Lipinski definition) is 0. The Balaban J connectivity index is 4.91. The van der Waals surface area contributed by atoms with Crippen LogP contribution in [0, 0.1) is 0 Å². The van der Waals surface area contributed by atoms with Crippen molar-refractivity contribution in [2.75, 3.05) is 13.3 Å². The van der Waals surface area contributed by atoms with Crippen molar-refractivity contribution in [2.24, 2.45) is 0 Å². The normalized spacial score (nSPS) is 12.8. The molecule has 0 aliphatic heterocycles. The molecule has 0 aromatic rings. The molecule has 0 aromatic heterocycles. The van der Waals surface area contributed by atoms with Crippen LogP contribution in [0.5, 0.6) is 0 Å². The minimum absolute atomic E-state index is 0.746. The Kier molecular flexibility index (Phi) is 6.78. The lowest BCUT2D eigenvalue weighted by atomic mass is 11.8. The molecule has 0 aromatic carbocycles. The molecular weight excluding hydrogens is 306 g/mol. The van der Waals surface area contributed by atoms with E-state index in [1.807, 2.05) is 13.3 Å². The van der Waals surface area contributed by atoms with E-state index in [-0.39, 0.29) is 0 Å². The Morgan fingerprint density at radius 1 is 1.00 bits per heavy atom. The first-order valence-electron chi connectivity index (χ1n) is 2.41. The lowest BCUT2D eigenvalue weighted by molar-refractivity contribution is 2.27. The fourth-order valence-electron chi connectivity index (χ4n) is 0.417. The Morgan fingerprint density at radius 3 is 1.27 bits per heavy atom. The fraction of sp³-hybridized carbons (Fsp3) is 0.667.